The molecule has 1 atom stereocenters. The molecule has 0 aliphatic carbocycles. The average molecular weight is 320 g/mol. The summed E-state index contributed by atoms with van der Waals surface area (Å²) in [6, 6.07) is 13.1. The highest BCUT2D eigenvalue weighted by Crippen LogP contribution is 2.16. The number of hydrogen-bond donors (Lipinski definition) is 1. The van der Waals surface area contributed by atoms with Gasteiger partial charge in [0.1, 0.15) is 0 Å². The summed E-state index contributed by atoms with van der Waals surface area (Å²) in [5.74, 6) is 0.498. The van der Waals surface area contributed by atoms with Crippen LogP contribution in [-0.2, 0) is 16.6 Å². The second-order valence-corrected chi connectivity index (χ2v) is 6.97. The summed E-state index contributed by atoms with van der Waals surface area (Å²) < 4.78 is 31.9. The minimum absolute atomic E-state index is 0.0561. The van der Waals surface area contributed by atoms with Gasteiger partial charge in [-0.05, 0) is 17.0 Å². The molecule has 22 heavy (non-hydrogen) atoms. The zero-order valence-electron chi connectivity index (χ0n) is 12.7. The molecule has 1 unspecified atom stereocenters. The Balaban J connectivity index is 1.93. The Labute approximate surface area is 131 Å². The second-order valence-electron chi connectivity index (χ2n) is 5.12. The van der Waals surface area contributed by atoms with E-state index in [9.17, 15) is 8.42 Å². The van der Waals surface area contributed by atoms with Gasteiger partial charge >= 0.3 is 0 Å². The number of sulfonamides is 1. The predicted molar refractivity (Wildman–Crippen MR) is 86.3 cm³/mol. The van der Waals surface area contributed by atoms with Crippen LogP contribution >= 0.6 is 0 Å². The zero-order valence-corrected chi connectivity index (χ0v) is 13.5. The van der Waals surface area contributed by atoms with Crippen LogP contribution in [0.1, 0.15) is 24.0 Å². The van der Waals surface area contributed by atoms with Gasteiger partial charge in [0.25, 0.3) is 0 Å². The molecular weight excluding hydrogens is 300 g/mol. The van der Waals surface area contributed by atoms with Gasteiger partial charge in [0.2, 0.25) is 15.9 Å². The van der Waals surface area contributed by atoms with E-state index in [2.05, 4.69) is 9.71 Å². The molecule has 1 heterocycles. The molecule has 6 heteroatoms. The van der Waals surface area contributed by atoms with Gasteiger partial charge in [-0.15, -0.1) is 0 Å². The lowest BCUT2D eigenvalue weighted by atomic mass is 10.0. The summed E-state index contributed by atoms with van der Waals surface area (Å²) in [6.45, 7) is 2.13. The van der Waals surface area contributed by atoms with Crippen LogP contribution in [0, 0.1) is 0 Å². The van der Waals surface area contributed by atoms with E-state index in [0.717, 1.165) is 11.1 Å². The molecule has 0 spiro atoms. The van der Waals surface area contributed by atoms with E-state index in [-0.39, 0.29) is 18.2 Å². The maximum atomic E-state index is 12.2. The molecule has 0 aliphatic rings. The lowest BCUT2D eigenvalue weighted by Crippen LogP contribution is -2.28. The second kappa shape index (κ2) is 7.38. The van der Waals surface area contributed by atoms with Crippen molar-refractivity contribution in [2.24, 2.45) is 0 Å². The van der Waals surface area contributed by atoms with Gasteiger partial charge in [0.05, 0.1) is 12.9 Å². The summed E-state index contributed by atoms with van der Waals surface area (Å²) in [4.78, 5) is 4.05. The normalized spacial score (nSPS) is 12.8. The van der Waals surface area contributed by atoms with E-state index < -0.39 is 10.0 Å². The average Bonchev–Trinajstić information content (AvgIpc) is 2.54. The van der Waals surface area contributed by atoms with Crippen LogP contribution in [0.25, 0.3) is 0 Å². The van der Waals surface area contributed by atoms with Gasteiger partial charge in [0, 0.05) is 18.8 Å². The van der Waals surface area contributed by atoms with Crippen molar-refractivity contribution in [3.8, 4) is 5.88 Å². The quantitative estimate of drug-likeness (QED) is 0.850. The molecule has 0 saturated carbocycles. The topological polar surface area (TPSA) is 68.3 Å². The number of nitrogens with zero attached hydrogens (tertiary/aromatic N) is 1. The molecular formula is C16H20N2O3S. The minimum Gasteiger partial charge on any atom is -0.481 e. The predicted octanol–water partition coefficient (Wildman–Crippen LogP) is 2.31. The number of pyridine rings is 1. The molecule has 118 valence electrons. The fourth-order valence-corrected chi connectivity index (χ4v) is 3.45. The van der Waals surface area contributed by atoms with Crippen molar-refractivity contribution < 1.29 is 13.2 Å². The number of rotatable bonds is 7. The lowest BCUT2D eigenvalue weighted by Gasteiger charge is -2.13. The van der Waals surface area contributed by atoms with Gasteiger partial charge in [-0.3, -0.25) is 0 Å². The highest BCUT2D eigenvalue weighted by molar-refractivity contribution is 7.89. The van der Waals surface area contributed by atoms with Gasteiger partial charge in [-0.25, -0.2) is 18.1 Å². The largest absolute Gasteiger partial charge is 0.481 e. The van der Waals surface area contributed by atoms with Crippen LogP contribution in [0.5, 0.6) is 5.88 Å². The van der Waals surface area contributed by atoms with E-state index in [1.165, 1.54) is 7.11 Å². The third-order valence-corrected chi connectivity index (χ3v) is 4.86. The first-order chi connectivity index (χ1) is 10.5. The first-order valence-electron chi connectivity index (χ1n) is 7.01. The van der Waals surface area contributed by atoms with E-state index in [4.69, 9.17) is 4.74 Å². The molecule has 0 aliphatic heterocycles. The standard InChI is InChI=1S/C16H20N2O3S/c1-13(15-6-4-3-5-7-15)12-22(19,20)18-11-14-8-9-16(21-2)17-10-14/h3-10,13,18H,11-12H2,1-2H3. The molecule has 0 amide bonds. The van der Waals surface area contributed by atoms with Crippen molar-refractivity contribution in [3.63, 3.8) is 0 Å². The molecule has 2 aromatic rings. The molecule has 0 radical (unpaired) electrons. The first kappa shape index (κ1) is 16.5. The van der Waals surface area contributed by atoms with Crippen molar-refractivity contribution in [1.29, 1.82) is 0 Å². The monoisotopic (exact) mass is 320 g/mol. The molecule has 1 aromatic carbocycles. The molecule has 1 N–H and O–H groups in total. The molecule has 5 nitrogen and oxygen atoms in total. The molecule has 0 bridgehead atoms. The Morgan fingerprint density at radius 3 is 2.50 bits per heavy atom. The van der Waals surface area contributed by atoms with Crippen LogP contribution in [0.4, 0.5) is 0 Å². The van der Waals surface area contributed by atoms with Crippen molar-refractivity contribution in [1.82, 2.24) is 9.71 Å². The summed E-state index contributed by atoms with van der Waals surface area (Å²) in [5, 5.41) is 0. The van der Waals surface area contributed by atoms with Crippen LogP contribution in [0.2, 0.25) is 0 Å². The molecule has 0 fully saturated rings. The summed E-state index contributed by atoms with van der Waals surface area (Å²) >= 11 is 0. The Morgan fingerprint density at radius 1 is 1.18 bits per heavy atom. The third kappa shape index (κ3) is 4.82. The van der Waals surface area contributed by atoms with Gasteiger partial charge in [-0.1, -0.05) is 43.3 Å². The molecule has 0 saturated heterocycles. The van der Waals surface area contributed by atoms with E-state index in [1.54, 1.807) is 18.3 Å². The fourth-order valence-electron chi connectivity index (χ4n) is 2.10. The van der Waals surface area contributed by atoms with Crippen LogP contribution < -0.4 is 9.46 Å². The summed E-state index contributed by atoms with van der Waals surface area (Å²) in [5.41, 5.74) is 1.80. The Bertz CT molecular complexity index is 685. The van der Waals surface area contributed by atoms with Crippen molar-refractivity contribution in [2.75, 3.05) is 12.9 Å². The van der Waals surface area contributed by atoms with Crippen LogP contribution in [-0.4, -0.2) is 26.3 Å². The van der Waals surface area contributed by atoms with Gasteiger partial charge in [0.15, 0.2) is 0 Å². The highest BCUT2D eigenvalue weighted by atomic mass is 32.2. The Morgan fingerprint density at radius 2 is 1.91 bits per heavy atom. The number of nitrogens with one attached hydrogen (secondary N) is 1. The smallest absolute Gasteiger partial charge is 0.212 e. The third-order valence-electron chi connectivity index (χ3n) is 3.34. The van der Waals surface area contributed by atoms with Crippen molar-refractivity contribution in [3.05, 3.63) is 59.8 Å². The van der Waals surface area contributed by atoms with E-state index >= 15 is 0 Å². The first-order valence-corrected chi connectivity index (χ1v) is 8.66. The van der Waals surface area contributed by atoms with E-state index in [0.29, 0.717) is 5.88 Å². The number of aromatic nitrogens is 1. The van der Waals surface area contributed by atoms with Crippen molar-refractivity contribution >= 4 is 10.0 Å². The van der Waals surface area contributed by atoms with E-state index in [1.807, 2.05) is 37.3 Å². The highest BCUT2D eigenvalue weighted by Gasteiger charge is 2.16. The van der Waals surface area contributed by atoms with Gasteiger partial charge in [-0.2, -0.15) is 0 Å². The number of ether oxygens (including phenoxy) is 1. The number of benzene rings is 1. The van der Waals surface area contributed by atoms with Gasteiger partial charge < -0.3 is 4.74 Å². The molecule has 2 rings (SSSR count). The Hall–Kier alpha value is -1.92. The summed E-state index contributed by atoms with van der Waals surface area (Å²) in [6.07, 6.45) is 1.60. The summed E-state index contributed by atoms with van der Waals surface area (Å²) in [7, 11) is -1.81. The molecule has 1 aromatic heterocycles. The SMILES string of the molecule is COc1ccc(CNS(=O)(=O)CC(C)c2ccccc2)cn1. The lowest BCUT2D eigenvalue weighted by molar-refractivity contribution is 0.397. The Kier molecular flexibility index (Phi) is 5.51. The van der Waals surface area contributed by atoms with Crippen LogP contribution in [0.15, 0.2) is 48.7 Å². The number of methoxy groups -OCH3 is 1. The van der Waals surface area contributed by atoms with Crippen LogP contribution in [0.3, 0.4) is 0 Å². The van der Waals surface area contributed by atoms with Crippen molar-refractivity contribution in [2.45, 2.75) is 19.4 Å². The maximum absolute atomic E-state index is 12.2. The maximum Gasteiger partial charge on any atom is 0.212 e. The zero-order chi connectivity index (χ0) is 16.0. The minimum atomic E-state index is -3.35. The number of hydrogen-bond acceptors (Lipinski definition) is 4. The fraction of sp³-hybridized carbons (Fsp3) is 0.312.